The predicted molar refractivity (Wildman–Crippen MR) is 211 cm³/mol. The van der Waals surface area contributed by atoms with Gasteiger partial charge >= 0.3 is 0 Å². The Morgan fingerprint density at radius 3 is 1.44 bits per heavy atom. The molecule has 0 saturated heterocycles. The number of allylic oxidation sites excluding steroid dienone is 11. The number of nitrogens with one attached hydrogen (secondary N) is 1. The molecule has 0 heterocycles. The second-order valence-electron chi connectivity index (χ2n) is 13.3. The zero-order valence-electron chi connectivity index (χ0n) is 31.5. The number of aliphatic hydroxyl groups is 2. The summed E-state index contributed by atoms with van der Waals surface area (Å²) in [5.74, 6) is -0.0818. The summed E-state index contributed by atoms with van der Waals surface area (Å²) >= 11 is 0. The molecule has 276 valence electrons. The van der Waals surface area contributed by atoms with E-state index >= 15 is 0 Å². The molecule has 0 saturated carbocycles. The van der Waals surface area contributed by atoms with Crippen molar-refractivity contribution in [3.8, 4) is 0 Å². The molecule has 1 amide bonds. The molecule has 4 heteroatoms. The van der Waals surface area contributed by atoms with Crippen molar-refractivity contribution in [2.75, 3.05) is 6.61 Å². The molecule has 0 aromatic carbocycles. The first-order valence-corrected chi connectivity index (χ1v) is 20.2. The van der Waals surface area contributed by atoms with Gasteiger partial charge in [0, 0.05) is 6.42 Å². The molecule has 0 spiro atoms. The van der Waals surface area contributed by atoms with Crippen molar-refractivity contribution in [3.05, 3.63) is 72.9 Å². The van der Waals surface area contributed by atoms with Crippen molar-refractivity contribution in [1.29, 1.82) is 0 Å². The zero-order valence-corrected chi connectivity index (χ0v) is 31.5. The lowest BCUT2D eigenvalue weighted by Crippen LogP contribution is -2.45. The van der Waals surface area contributed by atoms with Gasteiger partial charge in [0.2, 0.25) is 5.91 Å². The Bertz CT molecular complexity index is 853. The normalized spacial score (nSPS) is 13.8. The lowest BCUT2D eigenvalue weighted by atomic mass is 10.0. The molecule has 0 aliphatic heterocycles. The van der Waals surface area contributed by atoms with Gasteiger partial charge in [-0.15, -0.1) is 0 Å². The molecule has 2 unspecified atom stereocenters. The fourth-order valence-electron chi connectivity index (χ4n) is 5.60. The fraction of sp³-hybridized carbons (Fsp3) is 0.705. The Hall–Kier alpha value is -2.17. The Morgan fingerprint density at radius 2 is 0.938 bits per heavy atom. The van der Waals surface area contributed by atoms with Gasteiger partial charge in [-0.2, -0.15) is 0 Å². The SMILES string of the molecule is CC/C=C\C/C=C\C/C=C\C/C=C\CCCCCCCCCCCCCCCCCCC(=O)NC(CO)C(O)/C=C/CC/C=C/CCC. The van der Waals surface area contributed by atoms with E-state index in [4.69, 9.17) is 0 Å². The highest BCUT2D eigenvalue weighted by Crippen LogP contribution is 2.15. The molecule has 0 rings (SSSR count). The number of aliphatic hydroxyl groups excluding tert-OH is 2. The standard InChI is InChI=1S/C44H77NO3/c1-3-5-7-9-11-12-13-14-15-16-17-18-19-20-21-22-23-24-25-26-27-28-29-30-31-32-34-36-38-40-44(48)45-42(41-46)43(47)39-37-35-33-10-8-6-4-2/h5,7-8,10-12,14-15,17-18,37,39,42-43,46-47H,3-4,6,9,13,16,19-36,38,40-41H2,1-2H3,(H,45,48)/b7-5-,10-8+,12-11-,15-14-,18-17-,39-37+. The molecule has 48 heavy (non-hydrogen) atoms. The Morgan fingerprint density at radius 1 is 0.521 bits per heavy atom. The fourth-order valence-corrected chi connectivity index (χ4v) is 5.60. The topological polar surface area (TPSA) is 69.6 Å². The number of carbonyl (C=O) groups excluding carboxylic acids is 1. The first kappa shape index (κ1) is 45.8. The summed E-state index contributed by atoms with van der Waals surface area (Å²) in [6.45, 7) is 4.07. The van der Waals surface area contributed by atoms with E-state index in [1.54, 1.807) is 6.08 Å². The van der Waals surface area contributed by atoms with Crippen molar-refractivity contribution in [2.45, 2.75) is 193 Å². The summed E-state index contributed by atoms with van der Waals surface area (Å²) in [5.41, 5.74) is 0. The number of rotatable bonds is 35. The molecule has 0 fully saturated rings. The average molecular weight is 668 g/mol. The van der Waals surface area contributed by atoms with Gasteiger partial charge in [-0.3, -0.25) is 4.79 Å². The molecule has 0 aromatic rings. The number of hydrogen-bond donors (Lipinski definition) is 3. The van der Waals surface area contributed by atoms with Crippen molar-refractivity contribution in [2.24, 2.45) is 0 Å². The Labute approximate surface area is 298 Å². The third kappa shape index (κ3) is 35.1. The van der Waals surface area contributed by atoms with E-state index in [-0.39, 0.29) is 12.5 Å². The number of unbranched alkanes of at least 4 members (excludes halogenated alkanes) is 18. The second kappa shape index (κ2) is 39.3. The lowest BCUT2D eigenvalue weighted by Gasteiger charge is -2.19. The van der Waals surface area contributed by atoms with Crippen LogP contribution in [0.25, 0.3) is 0 Å². The minimum absolute atomic E-state index is 0.0818. The van der Waals surface area contributed by atoms with Crippen LogP contribution in [-0.2, 0) is 4.79 Å². The highest BCUT2D eigenvalue weighted by molar-refractivity contribution is 5.76. The van der Waals surface area contributed by atoms with Gasteiger partial charge in [0.25, 0.3) is 0 Å². The van der Waals surface area contributed by atoms with Crippen LogP contribution in [0.1, 0.15) is 181 Å². The summed E-state index contributed by atoms with van der Waals surface area (Å²) in [7, 11) is 0. The maximum Gasteiger partial charge on any atom is 0.220 e. The maximum absolute atomic E-state index is 12.3. The number of hydrogen-bond acceptors (Lipinski definition) is 3. The summed E-state index contributed by atoms with van der Waals surface area (Å²) in [6.07, 6.45) is 56.0. The molecule has 4 nitrogen and oxygen atoms in total. The van der Waals surface area contributed by atoms with Crippen molar-refractivity contribution in [3.63, 3.8) is 0 Å². The van der Waals surface area contributed by atoms with E-state index in [0.29, 0.717) is 6.42 Å². The highest BCUT2D eigenvalue weighted by Gasteiger charge is 2.17. The molecule has 0 radical (unpaired) electrons. The van der Waals surface area contributed by atoms with Gasteiger partial charge in [0.1, 0.15) is 0 Å². The van der Waals surface area contributed by atoms with Gasteiger partial charge in [0.15, 0.2) is 0 Å². The van der Waals surface area contributed by atoms with Crippen LogP contribution in [-0.4, -0.2) is 34.9 Å². The van der Waals surface area contributed by atoms with Crippen LogP contribution in [0.15, 0.2) is 72.9 Å². The predicted octanol–water partition coefficient (Wildman–Crippen LogP) is 12.3. The quantitative estimate of drug-likeness (QED) is 0.0465. The van der Waals surface area contributed by atoms with Crippen LogP contribution in [0, 0.1) is 0 Å². The van der Waals surface area contributed by atoms with Crippen molar-refractivity contribution < 1.29 is 15.0 Å². The van der Waals surface area contributed by atoms with E-state index in [1.165, 1.54) is 96.3 Å². The monoisotopic (exact) mass is 668 g/mol. The number of amides is 1. The maximum atomic E-state index is 12.3. The molecule has 0 aliphatic rings. The molecule has 0 aromatic heterocycles. The summed E-state index contributed by atoms with van der Waals surface area (Å²) in [6, 6.07) is -0.637. The van der Waals surface area contributed by atoms with Gasteiger partial charge in [0.05, 0.1) is 18.8 Å². The molecule has 0 aliphatic carbocycles. The van der Waals surface area contributed by atoms with E-state index in [9.17, 15) is 15.0 Å². The minimum Gasteiger partial charge on any atom is -0.394 e. The van der Waals surface area contributed by atoms with Crippen LogP contribution in [0.5, 0.6) is 0 Å². The molecule has 3 N–H and O–H groups in total. The first-order chi connectivity index (χ1) is 23.7. The van der Waals surface area contributed by atoms with Crippen LogP contribution < -0.4 is 5.32 Å². The van der Waals surface area contributed by atoms with Crippen LogP contribution in [0.4, 0.5) is 0 Å². The van der Waals surface area contributed by atoms with E-state index in [0.717, 1.165) is 64.2 Å². The van der Waals surface area contributed by atoms with Gasteiger partial charge in [-0.1, -0.05) is 183 Å². The average Bonchev–Trinajstić information content (AvgIpc) is 3.09. The van der Waals surface area contributed by atoms with Crippen LogP contribution >= 0.6 is 0 Å². The summed E-state index contributed by atoms with van der Waals surface area (Å²) in [5, 5.41) is 22.7. The lowest BCUT2D eigenvalue weighted by molar-refractivity contribution is -0.123. The van der Waals surface area contributed by atoms with Gasteiger partial charge in [-0.05, 0) is 64.2 Å². The minimum atomic E-state index is -0.860. The van der Waals surface area contributed by atoms with E-state index in [1.807, 2.05) is 6.08 Å². The van der Waals surface area contributed by atoms with Crippen molar-refractivity contribution in [1.82, 2.24) is 5.32 Å². The highest BCUT2D eigenvalue weighted by atomic mass is 16.3. The number of carbonyl (C=O) groups is 1. The Balaban J connectivity index is 3.47. The molecular formula is C44H77NO3. The Kier molecular flexibility index (Phi) is 37.5. The summed E-state index contributed by atoms with van der Waals surface area (Å²) < 4.78 is 0. The van der Waals surface area contributed by atoms with Gasteiger partial charge < -0.3 is 15.5 Å². The largest absolute Gasteiger partial charge is 0.394 e. The van der Waals surface area contributed by atoms with Crippen LogP contribution in [0.3, 0.4) is 0 Å². The van der Waals surface area contributed by atoms with Crippen molar-refractivity contribution >= 4 is 5.91 Å². The third-order valence-electron chi connectivity index (χ3n) is 8.65. The van der Waals surface area contributed by atoms with Gasteiger partial charge in [-0.25, -0.2) is 0 Å². The first-order valence-electron chi connectivity index (χ1n) is 20.2. The molecular weight excluding hydrogens is 590 g/mol. The van der Waals surface area contributed by atoms with E-state index < -0.39 is 12.1 Å². The third-order valence-corrected chi connectivity index (χ3v) is 8.65. The second-order valence-corrected chi connectivity index (χ2v) is 13.3. The smallest absolute Gasteiger partial charge is 0.220 e. The molecule has 0 bridgehead atoms. The zero-order chi connectivity index (χ0) is 35.0. The summed E-state index contributed by atoms with van der Waals surface area (Å²) in [4.78, 5) is 12.3. The van der Waals surface area contributed by atoms with E-state index in [2.05, 4.69) is 79.9 Å². The molecule has 2 atom stereocenters. The van der Waals surface area contributed by atoms with Crippen LogP contribution in [0.2, 0.25) is 0 Å².